The number of carbonyl (C=O) groups is 2. The normalized spacial score (nSPS) is 11.4. The van der Waals surface area contributed by atoms with E-state index in [1.807, 2.05) is 20.8 Å². The Labute approximate surface area is 322 Å². The smallest absolute Gasteiger partial charge is 0.508 e. The van der Waals surface area contributed by atoms with Crippen molar-refractivity contribution >= 4 is 27.6 Å². The van der Waals surface area contributed by atoms with Crippen LogP contribution in [0.4, 0.5) is 18.9 Å². The number of alkyl halides is 3. The molecule has 2 aromatic carbocycles. The van der Waals surface area contributed by atoms with E-state index >= 15 is 0 Å². The van der Waals surface area contributed by atoms with Crippen LogP contribution in [0.2, 0.25) is 0 Å². The summed E-state index contributed by atoms with van der Waals surface area (Å²) in [6.07, 6.45) is 2.38. The number of phenolic OH excluding ortho intramolecular Hbond substituents is 1. The van der Waals surface area contributed by atoms with Crippen molar-refractivity contribution in [3.05, 3.63) is 54.1 Å². The monoisotopic (exact) mass is 787 g/mol. The quantitative estimate of drug-likeness (QED) is 0.117. The first-order valence-corrected chi connectivity index (χ1v) is 16.9. The molecular weight excluding hydrogens is 710 g/mol. The lowest BCUT2D eigenvalue weighted by Gasteiger charge is -2.21. The fraction of sp³-hybridized carbons (Fsp3) is 0.650. The van der Waals surface area contributed by atoms with Crippen LogP contribution < -0.4 is 14.8 Å². The van der Waals surface area contributed by atoms with E-state index in [9.17, 15) is 31.2 Å². The first-order chi connectivity index (χ1) is 21.3. The van der Waals surface area contributed by atoms with Crippen LogP contribution in [-0.4, -0.2) is 43.2 Å². The van der Waals surface area contributed by atoms with Gasteiger partial charge in [0.25, 0.3) is 0 Å². The van der Waals surface area contributed by atoms with Crippen LogP contribution in [-0.2, 0) is 24.3 Å². The summed E-state index contributed by atoms with van der Waals surface area (Å²) in [4.78, 5) is 23.1. The number of esters is 1. The molecular formula is C40H77F3N2O7S. The summed E-state index contributed by atoms with van der Waals surface area (Å²) in [5.74, 6) is 1.01. The second-order valence-electron chi connectivity index (χ2n) is 13.2. The predicted octanol–water partition coefficient (Wildman–Crippen LogP) is 12.3. The second-order valence-corrected chi connectivity index (χ2v) is 15.0. The summed E-state index contributed by atoms with van der Waals surface area (Å²) in [7, 11) is -5.47. The van der Waals surface area contributed by atoms with Crippen LogP contribution in [0.1, 0.15) is 151 Å². The topological polar surface area (TPSA) is 131 Å². The zero-order valence-electron chi connectivity index (χ0n) is 29.5. The molecule has 0 bridgehead atoms. The van der Waals surface area contributed by atoms with Crippen molar-refractivity contribution in [2.75, 3.05) is 12.0 Å². The van der Waals surface area contributed by atoms with Crippen LogP contribution in [0, 0.1) is 10.8 Å². The number of sulfonamides is 1. The van der Waals surface area contributed by atoms with E-state index in [1.165, 1.54) is 25.8 Å². The molecule has 0 radical (unpaired) electrons. The molecule has 0 fully saturated rings. The van der Waals surface area contributed by atoms with Crippen molar-refractivity contribution < 1.29 is 45.8 Å². The van der Waals surface area contributed by atoms with Crippen molar-refractivity contribution in [1.82, 2.24) is 4.72 Å². The lowest BCUT2D eigenvalue weighted by molar-refractivity contribution is -0.154. The number of ether oxygens (including phenoxy) is 2. The van der Waals surface area contributed by atoms with Crippen molar-refractivity contribution in [3.63, 3.8) is 0 Å². The average molecular weight is 787 g/mol. The van der Waals surface area contributed by atoms with Gasteiger partial charge in [0.05, 0.1) is 5.41 Å². The van der Waals surface area contributed by atoms with Gasteiger partial charge in [-0.3, -0.25) is 9.59 Å². The summed E-state index contributed by atoms with van der Waals surface area (Å²) >= 11 is 0. The highest BCUT2D eigenvalue weighted by molar-refractivity contribution is 7.90. The van der Waals surface area contributed by atoms with Gasteiger partial charge >= 0.3 is 21.5 Å². The maximum absolute atomic E-state index is 11.9. The Kier molecular flexibility index (Phi) is 33.3. The molecule has 0 aromatic heterocycles. The van der Waals surface area contributed by atoms with Crippen LogP contribution in [0.3, 0.4) is 0 Å². The van der Waals surface area contributed by atoms with Crippen LogP contribution in [0.15, 0.2) is 48.5 Å². The Morgan fingerprint density at radius 3 is 1.55 bits per heavy atom. The molecule has 3 N–H and O–H groups in total. The first kappa shape index (κ1) is 64.6. The molecule has 0 heterocycles. The van der Waals surface area contributed by atoms with Gasteiger partial charge in [0.15, 0.2) is 6.73 Å². The van der Waals surface area contributed by atoms with Crippen molar-refractivity contribution in [2.24, 2.45) is 10.8 Å². The van der Waals surface area contributed by atoms with Gasteiger partial charge in [0.1, 0.15) is 17.1 Å². The second kappa shape index (κ2) is 27.3. The Hall–Kier alpha value is -3.32. The Balaban J connectivity index is -0.000000114. The summed E-state index contributed by atoms with van der Waals surface area (Å²) < 4.78 is 68.0. The molecule has 0 saturated heterocycles. The maximum atomic E-state index is 11.9. The van der Waals surface area contributed by atoms with Crippen molar-refractivity contribution in [3.8, 4) is 11.5 Å². The summed E-state index contributed by atoms with van der Waals surface area (Å²) in [6.45, 7) is 20.2. The molecule has 0 aliphatic rings. The molecule has 9 nitrogen and oxygen atoms in total. The summed E-state index contributed by atoms with van der Waals surface area (Å²) in [5.41, 5.74) is -4.67. The van der Waals surface area contributed by atoms with Gasteiger partial charge in [0.2, 0.25) is 5.91 Å². The fourth-order valence-electron chi connectivity index (χ4n) is 3.05. The summed E-state index contributed by atoms with van der Waals surface area (Å²) in [5, 5.41) is 11.9. The number of rotatable bonds is 11. The minimum absolute atomic E-state index is 0. The zero-order valence-corrected chi connectivity index (χ0v) is 30.3. The molecule has 0 aliphatic carbocycles. The van der Waals surface area contributed by atoms with E-state index in [0.29, 0.717) is 18.0 Å². The lowest BCUT2D eigenvalue weighted by atomic mass is 9.89. The molecule has 0 spiro atoms. The highest BCUT2D eigenvalue weighted by Crippen LogP contribution is 2.25. The number of halogens is 3. The van der Waals surface area contributed by atoms with Gasteiger partial charge in [-0.25, -0.2) is 8.42 Å². The zero-order chi connectivity index (χ0) is 36.9. The molecule has 53 heavy (non-hydrogen) atoms. The van der Waals surface area contributed by atoms with Crippen molar-refractivity contribution in [1.29, 1.82) is 0 Å². The van der Waals surface area contributed by atoms with E-state index in [1.54, 1.807) is 31.2 Å². The Morgan fingerprint density at radius 2 is 1.19 bits per heavy atom. The highest BCUT2D eigenvalue weighted by Gasteiger charge is 2.45. The van der Waals surface area contributed by atoms with Gasteiger partial charge in [0, 0.05) is 11.1 Å². The number of hydrogen-bond donors (Lipinski definition) is 3. The first-order valence-electron chi connectivity index (χ1n) is 15.4. The molecule has 1 amide bonds. The number of nitrogens with one attached hydrogen (secondary N) is 2. The highest BCUT2D eigenvalue weighted by atomic mass is 32.2. The third kappa shape index (κ3) is 24.6. The van der Waals surface area contributed by atoms with E-state index in [4.69, 9.17) is 9.84 Å². The molecule has 0 aliphatic heterocycles. The maximum Gasteiger partial charge on any atom is 0.511 e. The standard InChI is InChI=1S/C14H22O.C12H17NO2.C8H14F3NO4S.6CH4/c1-6-11(2)12-7-9-13(10-8-12)15-14(3,4)5;1-4-12(2,3)11(15)13-9-5-7-10(14)8-6-9;1-4-7(2,3)6(13)16-5-12-17(14,15)8(9,10)11;;;;;;/h7-11H,6H2,1-5H3;5-8,14H,4H2,1-3H3,(H,13,15);12H,4-5H2,1-3H3;6*1H4. The summed E-state index contributed by atoms with van der Waals surface area (Å²) in [6, 6.07) is 14.9. The lowest BCUT2D eigenvalue weighted by Crippen LogP contribution is -2.39. The number of phenols is 1. The molecule has 1 unspecified atom stereocenters. The third-order valence-corrected chi connectivity index (χ3v) is 8.41. The van der Waals surface area contributed by atoms with Crippen molar-refractivity contribution in [2.45, 2.75) is 157 Å². The van der Waals surface area contributed by atoms with Crippen LogP contribution >= 0.6 is 0 Å². The van der Waals surface area contributed by atoms with Gasteiger partial charge in [-0.2, -0.15) is 17.9 Å². The minimum Gasteiger partial charge on any atom is -0.508 e. The van der Waals surface area contributed by atoms with E-state index in [2.05, 4.69) is 68.9 Å². The van der Waals surface area contributed by atoms with Gasteiger partial charge in [-0.05, 0) is 102 Å². The average Bonchev–Trinajstić information content (AvgIpc) is 2.97. The van der Waals surface area contributed by atoms with Gasteiger partial charge < -0.3 is 19.9 Å². The van der Waals surface area contributed by atoms with E-state index in [-0.39, 0.29) is 67.2 Å². The molecule has 13 heteroatoms. The van der Waals surface area contributed by atoms with Gasteiger partial charge in [-0.1, -0.05) is 98.2 Å². The minimum atomic E-state index is -5.47. The molecule has 2 aromatic rings. The number of hydrogen-bond acceptors (Lipinski definition) is 7. The number of aromatic hydroxyl groups is 1. The molecule has 1 atom stereocenters. The Bertz CT molecular complexity index is 1350. The number of carbonyl (C=O) groups excluding carboxylic acids is 2. The number of benzene rings is 2. The largest absolute Gasteiger partial charge is 0.511 e. The van der Waals surface area contributed by atoms with E-state index in [0.717, 1.165) is 16.9 Å². The third-order valence-electron chi connectivity index (χ3n) is 7.30. The van der Waals surface area contributed by atoms with Crippen LogP contribution in [0.5, 0.6) is 11.5 Å². The van der Waals surface area contributed by atoms with Crippen LogP contribution in [0.25, 0.3) is 0 Å². The van der Waals surface area contributed by atoms with E-state index < -0.39 is 33.6 Å². The molecule has 0 saturated carbocycles. The number of amides is 1. The molecule has 316 valence electrons. The SMILES string of the molecule is C.C.C.C.C.C.CCC(C)(C)C(=O)Nc1ccc(O)cc1.CCC(C)(C)C(=O)OCNS(=O)(=O)C(F)(F)F.CCC(C)c1ccc(OC(C)(C)C)cc1. The Morgan fingerprint density at radius 1 is 0.755 bits per heavy atom. The number of anilines is 1. The molecule has 2 rings (SSSR count). The fourth-order valence-corrected chi connectivity index (χ4v) is 3.43. The predicted molar refractivity (Wildman–Crippen MR) is 220 cm³/mol. The van der Waals surface area contributed by atoms with Gasteiger partial charge in [-0.15, -0.1) is 0 Å².